The molecule has 0 aliphatic heterocycles. The Morgan fingerprint density at radius 1 is 0.952 bits per heavy atom. The summed E-state index contributed by atoms with van der Waals surface area (Å²) < 4.78 is 4.69. The van der Waals surface area contributed by atoms with Crippen LogP contribution in [0, 0.1) is 11.8 Å². The fraction of sp³-hybridized carbons (Fsp3) is 0.786. The fourth-order valence-electron chi connectivity index (χ4n) is 1.97. The average Bonchev–Trinajstić information content (AvgIpc) is 2.34. The van der Waals surface area contributed by atoms with Crippen molar-refractivity contribution in [3.63, 3.8) is 0 Å². The van der Waals surface area contributed by atoms with E-state index in [9.17, 15) is 14.4 Å². The first kappa shape index (κ1) is 19.2. The summed E-state index contributed by atoms with van der Waals surface area (Å²) in [7, 11) is 1.27. The monoisotopic (exact) mass is 301 g/mol. The third-order valence-electron chi connectivity index (χ3n) is 2.85. The quantitative estimate of drug-likeness (QED) is 0.575. The molecular formula is C14H27N3O4. The Morgan fingerprint density at radius 2 is 1.43 bits per heavy atom. The summed E-state index contributed by atoms with van der Waals surface area (Å²) in [5.74, 6) is -0.533. The molecule has 0 aliphatic rings. The summed E-state index contributed by atoms with van der Waals surface area (Å²) in [6.07, 6.45) is 0.897. The van der Waals surface area contributed by atoms with Crippen LogP contribution >= 0.6 is 0 Å². The molecule has 2 unspecified atom stereocenters. The van der Waals surface area contributed by atoms with Crippen molar-refractivity contribution in [1.29, 1.82) is 0 Å². The molecule has 0 spiro atoms. The number of nitrogens with one attached hydrogen (secondary N) is 2. The zero-order chi connectivity index (χ0) is 16.6. The van der Waals surface area contributed by atoms with Crippen molar-refractivity contribution in [3.05, 3.63) is 0 Å². The highest BCUT2D eigenvalue weighted by molar-refractivity contribution is 5.90. The van der Waals surface area contributed by atoms with Gasteiger partial charge in [0.15, 0.2) is 0 Å². The first-order valence-corrected chi connectivity index (χ1v) is 7.11. The third kappa shape index (κ3) is 8.16. The normalized spacial score (nSPS) is 13.7. The van der Waals surface area contributed by atoms with Crippen LogP contribution in [0.1, 0.15) is 40.5 Å². The molecule has 21 heavy (non-hydrogen) atoms. The highest BCUT2D eigenvalue weighted by Gasteiger charge is 2.27. The molecule has 0 rings (SSSR count). The number of rotatable bonds is 8. The second-order valence-corrected chi connectivity index (χ2v) is 5.90. The summed E-state index contributed by atoms with van der Waals surface area (Å²) in [6.45, 7) is 7.73. The van der Waals surface area contributed by atoms with Crippen LogP contribution in [0.3, 0.4) is 0 Å². The second kappa shape index (κ2) is 9.20. The number of hydrogen-bond donors (Lipinski definition) is 3. The molecule has 0 aromatic carbocycles. The van der Waals surface area contributed by atoms with Crippen molar-refractivity contribution >= 4 is 17.9 Å². The summed E-state index contributed by atoms with van der Waals surface area (Å²) in [5.41, 5.74) is 5.08. The van der Waals surface area contributed by atoms with Crippen LogP contribution in [0.25, 0.3) is 0 Å². The van der Waals surface area contributed by atoms with E-state index in [4.69, 9.17) is 10.5 Å². The number of ether oxygens (including phenoxy) is 1. The van der Waals surface area contributed by atoms with Crippen LogP contribution in [0.2, 0.25) is 0 Å². The van der Waals surface area contributed by atoms with Crippen LogP contribution in [0.4, 0.5) is 4.79 Å². The maximum Gasteiger partial charge on any atom is 0.328 e. The van der Waals surface area contributed by atoms with Gasteiger partial charge in [0.2, 0.25) is 5.91 Å². The lowest BCUT2D eigenvalue weighted by Gasteiger charge is -2.23. The summed E-state index contributed by atoms with van der Waals surface area (Å²) in [4.78, 5) is 34.9. The molecule has 7 nitrogen and oxygen atoms in total. The van der Waals surface area contributed by atoms with Gasteiger partial charge in [-0.3, -0.25) is 4.79 Å². The number of carbonyl (C=O) groups excluding carboxylic acids is 3. The van der Waals surface area contributed by atoms with E-state index >= 15 is 0 Å². The number of amides is 3. The Hall–Kier alpha value is -1.79. The van der Waals surface area contributed by atoms with Crippen molar-refractivity contribution in [2.45, 2.75) is 52.6 Å². The molecule has 0 aliphatic carbocycles. The molecule has 7 heteroatoms. The van der Waals surface area contributed by atoms with E-state index in [-0.39, 0.29) is 11.8 Å². The molecule has 0 fully saturated rings. The van der Waals surface area contributed by atoms with Crippen LogP contribution < -0.4 is 16.4 Å². The number of esters is 1. The van der Waals surface area contributed by atoms with Gasteiger partial charge in [-0.2, -0.15) is 0 Å². The van der Waals surface area contributed by atoms with Crippen molar-refractivity contribution in [2.24, 2.45) is 17.6 Å². The molecule has 0 heterocycles. The van der Waals surface area contributed by atoms with Crippen molar-refractivity contribution in [3.8, 4) is 0 Å². The van der Waals surface area contributed by atoms with Gasteiger partial charge in [-0.25, -0.2) is 9.59 Å². The van der Waals surface area contributed by atoms with Gasteiger partial charge >= 0.3 is 12.0 Å². The maximum absolute atomic E-state index is 12.2. The number of carbonyl (C=O) groups is 3. The van der Waals surface area contributed by atoms with Gasteiger partial charge in [0.1, 0.15) is 12.1 Å². The van der Waals surface area contributed by atoms with Gasteiger partial charge in [0.25, 0.3) is 0 Å². The standard InChI is InChI=1S/C14H27N3O4/c1-8(2)6-10(17-14(15)20)12(18)16-11(7-9(3)4)13(19)21-5/h8-11H,6-7H2,1-5H3,(H,16,18)(H3,15,17,20). The number of methoxy groups -OCH3 is 1. The van der Waals surface area contributed by atoms with Crippen molar-refractivity contribution < 1.29 is 19.1 Å². The van der Waals surface area contributed by atoms with Crippen molar-refractivity contribution in [2.75, 3.05) is 7.11 Å². The third-order valence-corrected chi connectivity index (χ3v) is 2.85. The molecule has 3 amide bonds. The number of hydrogen-bond acceptors (Lipinski definition) is 4. The van der Waals surface area contributed by atoms with E-state index in [1.807, 2.05) is 27.7 Å². The lowest BCUT2D eigenvalue weighted by atomic mass is 10.0. The average molecular weight is 301 g/mol. The summed E-state index contributed by atoms with van der Waals surface area (Å²) in [5, 5.41) is 5.03. The fourth-order valence-corrected chi connectivity index (χ4v) is 1.97. The minimum Gasteiger partial charge on any atom is -0.467 e. The van der Waals surface area contributed by atoms with E-state index in [1.54, 1.807) is 0 Å². The SMILES string of the molecule is COC(=O)C(CC(C)C)NC(=O)C(CC(C)C)NC(N)=O. The van der Waals surface area contributed by atoms with Gasteiger partial charge in [0.05, 0.1) is 7.11 Å². The Bertz CT molecular complexity index is 369. The lowest BCUT2D eigenvalue weighted by Crippen LogP contribution is -2.53. The predicted molar refractivity (Wildman–Crippen MR) is 79.4 cm³/mol. The lowest BCUT2D eigenvalue weighted by molar-refractivity contribution is -0.145. The molecule has 0 bridgehead atoms. The Morgan fingerprint density at radius 3 is 1.81 bits per heavy atom. The molecule has 4 N–H and O–H groups in total. The summed E-state index contributed by atoms with van der Waals surface area (Å²) >= 11 is 0. The molecule has 122 valence electrons. The molecule has 0 aromatic heterocycles. The number of primary amides is 1. The zero-order valence-electron chi connectivity index (χ0n) is 13.4. The molecule has 0 saturated carbocycles. The smallest absolute Gasteiger partial charge is 0.328 e. The predicted octanol–water partition coefficient (Wildman–Crippen LogP) is 0.773. The van der Waals surface area contributed by atoms with Gasteiger partial charge < -0.3 is 21.1 Å². The van der Waals surface area contributed by atoms with E-state index in [2.05, 4.69) is 10.6 Å². The minimum atomic E-state index is -0.769. The largest absolute Gasteiger partial charge is 0.467 e. The van der Waals surface area contributed by atoms with Crippen LogP contribution in [-0.4, -0.2) is 37.1 Å². The topological polar surface area (TPSA) is 111 Å². The second-order valence-electron chi connectivity index (χ2n) is 5.90. The van der Waals surface area contributed by atoms with Gasteiger partial charge in [-0.05, 0) is 24.7 Å². The molecule has 0 radical (unpaired) electrons. The first-order valence-electron chi connectivity index (χ1n) is 7.11. The summed E-state index contributed by atoms with van der Waals surface area (Å²) in [6, 6.07) is -2.26. The van der Waals surface area contributed by atoms with Crippen LogP contribution in [0.5, 0.6) is 0 Å². The van der Waals surface area contributed by atoms with Gasteiger partial charge in [-0.1, -0.05) is 27.7 Å². The van der Waals surface area contributed by atoms with Gasteiger partial charge in [-0.15, -0.1) is 0 Å². The zero-order valence-corrected chi connectivity index (χ0v) is 13.4. The van der Waals surface area contributed by atoms with E-state index < -0.39 is 30.0 Å². The highest BCUT2D eigenvalue weighted by atomic mass is 16.5. The Kier molecular flexibility index (Phi) is 8.42. The van der Waals surface area contributed by atoms with Crippen LogP contribution in [-0.2, 0) is 14.3 Å². The molecule has 0 saturated heterocycles. The molecule has 2 atom stereocenters. The first-order chi connectivity index (χ1) is 9.67. The Labute approximate surface area is 126 Å². The van der Waals surface area contributed by atoms with E-state index in [0.29, 0.717) is 12.8 Å². The van der Waals surface area contributed by atoms with E-state index in [0.717, 1.165) is 0 Å². The van der Waals surface area contributed by atoms with Crippen molar-refractivity contribution in [1.82, 2.24) is 10.6 Å². The van der Waals surface area contributed by atoms with E-state index in [1.165, 1.54) is 7.11 Å². The number of urea groups is 1. The minimum absolute atomic E-state index is 0.189. The Balaban J connectivity index is 4.87. The number of nitrogens with two attached hydrogens (primary N) is 1. The van der Waals surface area contributed by atoms with Gasteiger partial charge in [0, 0.05) is 0 Å². The van der Waals surface area contributed by atoms with Crippen LogP contribution in [0.15, 0.2) is 0 Å². The molecule has 0 aromatic rings. The maximum atomic E-state index is 12.2. The molecular weight excluding hydrogens is 274 g/mol. The highest BCUT2D eigenvalue weighted by Crippen LogP contribution is 2.09.